The number of rotatable bonds is 11. The van der Waals surface area contributed by atoms with Crippen molar-refractivity contribution < 1.29 is 28.7 Å². The number of H-pyrrole nitrogens is 2. The number of benzene rings is 3. The number of methoxy groups -OCH3 is 2. The molecule has 6 atom stereocenters. The quantitative estimate of drug-likeness (QED) is 0.102. The molecule has 64 heavy (non-hydrogen) atoms. The molecule has 5 aromatic rings. The number of aromatic nitrogens is 4. The Hall–Kier alpha value is -6.18. The minimum atomic E-state index is -0.687. The number of hydrogen-bond donors (Lipinski definition) is 4. The van der Waals surface area contributed by atoms with E-state index in [-0.39, 0.29) is 35.7 Å². The van der Waals surface area contributed by atoms with Crippen molar-refractivity contribution in [2.75, 3.05) is 27.3 Å². The van der Waals surface area contributed by atoms with Gasteiger partial charge in [0.15, 0.2) is 0 Å². The van der Waals surface area contributed by atoms with Gasteiger partial charge >= 0.3 is 12.2 Å². The molecule has 3 fully saturated rings. The number of ether oxygens (including phenoxy) is 2. The molecule has 3 aromatic carbocycles. The van der Waals surface area contributed by atoms with Gasteiger partial charge in [0.25, 0.3) is 0 Å². The van der Waals surface area contributed by atoms with Crippen molar-refractivity contribution >= 4 is 35.0 Å². The third-order valence-electron chi connectivity index (χ3n) is 14.2. The zero-order valence-electron chi connectivity index (χ0n) is 37.7. The maximum atomic E-state index is 13.8. The first-order valence-electron chi connectivity index (χ1n) is 23.0. The van der Waals surface area contributed by atoms with Crippen molar-refractivity contribution in [3.8, 4) is 33.5 Å². The smallest absolute Gasteiger partial charge is 0.407 e. The Morgan fingerprint density at radius 2 is 1.30 bits per heavy atom. The first-order valence-corrected chi connectivity index (χ1v) is 23.0. The topological polar surface area (TPSA) is 175 Å². The fourth-order valence-electron chi connectivity index (χ4n) is 10.9. The van der Waals surface area contributed by atoms with Gasteiger partial charge in [0.05, 0.1) is 49.2 Å². The lowest BCUT2D eigenvalue weighted by molar-refractivity contribution is -0.136. The molecule has 4 aliphatic rings. The molecule has 4 amide bonds. The van der Waals surface area contributed by atoms with E-state index in [0.29, 0.717) is 24.9 Å². The zero-order chi connectivity index (χ0) is 44.8. The van der Waals surface area contributed by atoms with Gasteiger partial charge in [-0.1, -0.05) is 70.2 Å². The van der Waals surface area contributed by atoms with Crippen LogP contribution in [0.4, 0.5) is 9.59 Å². The minimum absolute atomic E-state index is 0.103. The predicted molar refractivity (Wildman–Crippen MR) is 244 cm³/mol. The molecule has 4 heterocycles. The van der Waals surface area contributed by atoms with Gasteiger partial charge < -0.3 is 39.9 Å². The molecular formula is C50H60N8O6. The van der Waals surface area contributed by atoms with E-state index in [4.69, 9.17) is 19.4 Å². The van der Waals surface area contributed by atoms with Gasteiger partial charge in [0, 0.05) is 13.1 Å². The Kier molecular flexibility index (Phi) is 12.0. The number of carbonyl (C=O) groups excluding carboxylic acids is 4. The lowest BCUT2D eigenvalue weighted by Crippen LogP contribution is -2.51. The Morgan fingerprint density at radius 1 is 0.703 bits per heavy atom. The van der Waals surface area contributed by atoms with E-state index in [0.717, 1.165) is 71.6 Å². The number of hydrogen-bond acceptors (Lipinski definition) is 8. The van der Waals surface area contributed by atoms with E-state index in [2.05, 4.69) is 75.2 Å². The van der Waals surface area contributed by atoms with Crippen LogP contribution in [0.25, 0.3) is 44.5 Å². The lowest BCUT2D eigenvalue weighted by Gasteiger charge is -2.30. The molecule has 1 unspecified atom stereocenters. The van der Waals surface area contributed by atoms with Gasteiger partial charge in [0.1, 0.15) is 23.7 Å². The average Bonchev–Trinajstić information content (AvgIpc) is 4.16. The lowest BCUT2D eigenvalue weighted by atomic mass is 9.76. The Balaban J connectivity index is 0.960. The molecule has 0 spiro atoms. The van der Waals surface area contributed by atoms with Crippen LogP contribution in [-0.4, -0.2) is 93.1 Å². The Labute approximate surface area is 374 Å². The summed E-state index contributed by atoms with van der Waals surface area (Å²) in [7, 11) is 2.61. The van der Waals surface area contributed by atoms with Crippen molar-refractivity contribution in [1.82, 2.24) is 40.4 Å². The van der Waals surface area contributed by atoms with Crippen molar-refractivity contribution in [3.05, 3.63) is 83.6 Å². The molecule has 4 N–H and O–H groups in total. The summed E-state index contributed by atoms with van der Waals surface area (Å²) < 4.78 is 9.62. The molecule has 2 bridgehead atoms. The normalized spacial score (nSPS) is 21.3. The van der Waals surface area contributed by atoms with Gasteiger partial charge in [-0.3, -0.25) is 9.59 Å². The number of aromatic amines is 2. The molecule has 1 saturated carbocycles. The second-order valence-electron chi connectivity index (χ2n) is 18.8. The summed E-state index contributed by atoms with van der Waals surface area (Å²) in [6.07, 6.45) is 8.65. The van der Waals surface area contributed by atoms with Crippen LogP contribution in [0, 0.1) is 17.8 Å². The standard InChI is InChI=1S/C50H60N8O6/c1-27(2)43(55-49(61)63-5)47(59)57-21-7-9-40(57)45-51-26-39(54-45)31-15-13-30(14-16-31)35-19-18-34(36-24-29-11-12-33(23-29)42(35)36)32-17-20-37-38(25-32)53-46(52-37)41-10-8-22-58(41)48(60)44(28(3)4)56-50(62)64-6/h13-20,25-29,33,40-41,43-44H,7-12,21-24H2,1-6H3,(H,51,54)(H,52,53)(H,55,61)(H,56,62)/t29?,33-,40-,41-,43-,44-/m0/s1. The number of nitrogens with one attached hydrogen (secondary N) is 4. The summed E-state index contributed by atoms with van der Waals surface area (Å²) in [5.74, 6) is 2.26. The SMILES string of the molecule is COC(=O)N[C@H](C(=O)N1CCC[C@H]1c1ncc(-c2ccc(-c3ccc(-c4ccc5nc([C@@H]6CCCN6C(=O)[C@@H](NC(=O)OC)C(C)C)[nH]c5c4)c4c3[C@H]3CCC(C4)C3)cc2)[nH]1)C(C)C. The fraction of sp³-hybridized carbons (Fsp3) is 0.480. The van der Waals surface area contributed by atoms with Crippen LogP contribution in [0.1, 0.15) is 113 Å². The van der Waals surface area contributed by atoms with Crippen LogP contribution in [-0.2, 0) is 25.5 Å². The van der Waals surface area contributed by atoms with Crippen LogP contribution in [0.3, 0.4) is 0 Å². The highest BCUT2D eigenvalue weighted by molar-refractivity contribution is 5.88. The summed E-state index contributed by atoms with van der Waals surface area (Å²) in [5.41, 5.74) is 11.5. The second kappa shape index (κ2) is 17.8. The summed E-state index contributed by atoms with van der Waals surface area (Å²) in [5, 5.41) is 5.47. The monoisotopic (exact) mass is 868 g/mol. The average molecular weight is 869 g/mol. The Bertz CT molecular complexity index is 2560. The molecule has 2 aromatic heterocycles. The largest absolute Gasteiger partial charge is 0.453 e. The highest BCUT2D eigenvalue weighted by atomic mass is 16.5. The minimum Gasteiger partial charge on any atom is -0.453 e. The maximum absolute atomic E-state index is 13.8. The number of carbonyl (C=O) groups is 4. The zero-order valence-corrected chi connectivity index (χ0v) is 37.7. The summed E-state index contributed by atoms with van der Waals surface area (Å²) in [6, 6.07) is 18.0. The van der Waals surface area contributed by atoms with Gasteiger partial charge in [-0.25, -0.2) is 19.6 Å². The molecule has 9 rings (SSSR count). The highest BCUT2D eigenvalue weighted by Crippen LogP contribution is 2.52. The molecule has 2 aliphatic carbocycles. The van der Waals surface area contributed by atoms with Crippen LogP contribution in [0.15, 0.2) is 60.8 Å². The van der Waals surface area contributed by atoms with E-state index in [1.807, 2.05) is 43.7 Å². The van der Waals surface area contributed by atoms with E-state index >= 15 is 0 Å². The second-order valence-corrected chi connectivity index (χ2v) is 18.8. The van der Waals surface area contributed by atoms with E-state index in [1.54, 1.807) is 0 Å². The molecular weight excluding hydrogens is 809 g/mol. The number of alkyl carbamates (subject to hydrolysis) is 2. The fourth-order valence-corrected chi connectivity index (χ4v) is 10.9. The summed E-state index contributed by atoms with van der Waals surface area (Å²) in [4.78, 5) is 72.3. The number of fused-ring (bicyclic) bond motifs is 5. The van der Waals surface area contributed by atoms with E-state index in [9.17, 15) is 19.2 Å². The maximum Gasteiger partial charge on any atom is 0.407 e. The van der Waals surface area contributed by atoms with Crippen molar-refractivity contribution in [3.63, 3.8) is 0 Å². The van der Waals surface area contributed by atoms with E-state index in [1.165, 1.54) is 61.3 Å². The molecule has 336 valence electrons. The van der Waals surface area contributed by atoms with Crippen molar-refractivity contribution in [1.29, 1.82) is 0 Å². The van der Waals surface area contributed by atoms with Crippen LogP contribution >= 0.6 is 0 Å². The van der Waals surface area contributed by atoms with Crippen LogP contribution in [0.2, 0.25) is 0 Å². The molecule has 14 heteroatoms. The highest BCUT2D eigenvalue weighted by Gasteiger charge is 2.40. The third kappa shape index (κ3) is 8.11. The number of imidazole rings is 2. The van der Waals surface area contributed by atoms with Gasteiger partial charge in [0.2, 0.25) is 11.8 Å². The number of nitrogens with zero attached hydrogens (tertiary/aromatic N) is 4. The molecule has 2 aliphatic heterocycles. The van der Waals surface area contributed by atoms with Gasteiger partial charge in [-0.05, 0) is 126 Å². The molecule has 0 radical (unpaired) electrons. The van der Waals surface area contributed by atoms with E-state index < -0.39 is 24.3 Å². The first kappa shape index (κ1) is 43.1. The van der Waals surface area contributed by atoms with Crippen molar-refractivity contribution in [2.45, 2.75) is 109 Å². The summed E-state index contributed by atoms with van der Waals surface area (Å²) in [6.45, 7) is 8.89. The first-order chi connectivity index (χ1) is 30.9. The predicted octanol–water partition coefficient (Wildman–Crippen LogP) is 8.82. The van der Waals surface area contributed by atoms with Crippen molar-refractivity contribution in [2.24, 2.45) is 17.8 Å². The van der Waals surface area contributed by atoms with Crippen LogP contribution in [0.5, 0.6) is 0 Å². The molecule has 2 saturated heterocycles. The third-order valence-corrected chi connectivity index (χ3v) is 14.2. The van der Waals surface area contributed by atoms with Gasteiger partial charge in [-0.2, -0.15) is 0 Å². The van der Waals surface area contributed by atoms with Gasteiger partial charge in [-0.15, -0.1) is 0 Å². The number of likely N-dealkylation sites (tertiary alicyclic amines) is 2. The molecule has 14 nitrogen and oxygen atoms in total. The summed E-state index contributed by atoms with van der Waals surface area (Å²) >= 11 is 0. The Morgan fingerprint density at radius 3 is 1.92 bits per heavy atom. The van der Waals surface area contributed by atoms with Crippen LogP contribution < -0.4 is 10.6 Å². The number of amides is 4.